The van der Waals surface area contributed by atoms with Gasteiger partial charge in [-0.1, -0.05) is 39.3 Å². The number of hydrogen-bond acceptors (Lipinski definition) is 4. The molecule has 0 bridgehead atoms. The minimum Gasteiger partial charge on any atom is -0.492 e. The molecule has 0 spiro atoms. The molecule has 0 amide bonds. The smallest absolute Gasteiger partial charge is 0.149 e. The molecule has 0 aliphatic rings. The van der Waals surface area contributed by atoms with Gasteiger partial charge in [-0.15, -0.1) is 0 Å². The van der Waals surface area contributed by atoms with Gasteiger partial charge in [0.25, 0.3) is 0 Å². The molecule has 0 radical (unpaired) electrons. The van der Waals surface area contributed by atoms with E-state index in [1.807, 2.05) is 6.07 Å². The molecule has 0 fully saturated rings. The fourth-order valence-electron chi connectivity index (χ4n) is 1.51. The summed E-state index contributed by atoms with van der Waals surface area (Å²) >= 11 is 8.15. The number of nitriles is 1. The fraction of sp³-hybridized carbons (Fsp3) is 0.231. The first-order chi connectivity index (χ1) is 9.20. The van der Waals surface area contributed by atoms with Crippen molar-refractivity contribution in [1.29, 1.82) is 5.26 Å². The van der Waals surface area contributed by atoms with E-state index in [1.54, 1.807) is 24.4 Å². The largest absolute Gasteiger partial charge is 0.492 e. The minimum atomic E-state index is 0.185. The topological polar surface area (TPSA) is 59.0 Å². The summed E-state index contributed by atoms with van der Waals surface area (Å²) in [5, 5.41) is 13.2. The molecular weight excluding hydrogens is 379 g/mol. The second kappa shape index (κ2) is 6.78. The van der Waals surface area contributed by atoms with E-state index in [0.717, 1.165) is 12.2 Å². The first-order valence-corrected chi connectivity index (χ1v) is 7.20. The lowest BCUT2D eigenvalue weighted by Gasteiger charge is -2.10. The van der Waals surface area contributed by atoms with Crippen LogP contribution in [0.4, 0.5) is 0 Å². The summed E-state index contributed by atoms with van der Waals surface area (Å²) in [6, 6.07) is 8.87. The lowest BCUT2D eigenvalue weighted by Crippen LogP contribution is -2.02. The maximum atomic E-state index is 8.97. The van der Waals surface area contributed by atoms with Crippen LogP contribution in [-0.4, -0.2) is 11.8 Å². The highest BCUT2D eigenvalue weighted by molar-refractivity contribution is 14.1. The summed E-state index contributed by atoms with van der Waals surface area (Å²) in [7, 11) is 0. The van der Waals surface area contributed by atoms with Crippen LogP contribution in [0.5, 0.6) is 5.75 Å². The monoisotopic (exact) mass is 388 g/mol. The zero-order valence-corrected chi connectivity index (χ0v) is 12.8. The van der Waals surface area contributed by atoms with Crippen LogP contribution >= 0.6 is 34.2 Å². The molecule has 1 aromatic carbocycles. The first-order valence-electron chi connectivity index (χ1n) is 5.58. The van der Waals surface area contributed by atoms with Crippen molar-refractivity contribution in [3.63, 3.8) is 0 Å². The molecule has 1 unspecified atom stereocenters. The van der Waals surface area contributed by atoms with Gasteiger partial charge in [0, 0.05) is 23.6 Å². The second-order valence-electron chi connectivity index (χ2n) is 3.77. The van der Waals surface area contributed by atoms with Gasteiger partial charge in [-0.25, -0.2) is 0 Å². The van der Waals surface area contributed by atoms with E-state index < -0.39 is 0 Å². The summed E-state index contributed by atoms with van der Waals surface area (Å²) in [5.74, 6) is 1.33. The van der Waals surface area contributed by atoms with Gasteiger partial charge >= 0.3 is 0 Å². The van der Waals surface area contributed by atoms with Gasteiger partial charge in [0.05, 0.1) is 22.3 Å². The predicted octanol–water partition coefficient (Wildman–Crippen LogP) is 4.14. The van der Waals surface area contributed by atoms with Crippen molar-refractivity contribution >= 4 is 34.2 Å². The number of aromatic nitrogens is 1. The number of ether oxygens (including phenoxy) is 1. The summed E-state index contributed by atoms with van der Waals surface area (Å²) in [6.07, 6.45) is 2.37. The molecule has 0 N–H and O–H groups in total. The Morgan fingerprint density at radius 1 is 1.47 bits per heavy atom. The summed E-state index contributed by atoms with van der Waals surface area (Å²) in [5.41, 5.74) is 0.481. The number of hydrogen-bond donors (Lipinski definition) is 0. The highest BCUT2D eigenvalue weighted by Crippen LogP contribution is 2.28. The Bertz CT molecular complexity index is 581. The average molecular weight is 389 g/mol. The number of alkyl halides is 1. The third kappa shape index (κ3) is 3.85. The van der Waals surface area contributed by atoms with Crippen LogP contribution in [0.15, 0.2) is 35.0 Å². The molecule has 0 aliphatic heterocycles. The normalized spacial score (nSPS) is 11.8. The Kier molecular flexibility index (Phi) is 5.05. The molecule has 1 atom stereocenters. The molecule has 4 nitrogen and oxygen atoms in total. The van der Waals surface area contributed by atoms with Crippen molar-refractivity contribution in [2.24, 2.45) is 0 Å². The zero-order chi connectivity index (χ0) is 13.7. The standard InChI is InChI=1S/C13H10ClIN2O2/c14-10-2-1-9(8-16)13(7-10)18-6-4-11(15)12-3-5-17-19-12/h1-3,5,7,11H,4,6H2. The van der Waals surface area contributed by atoms with E-state index in [9.17, 15) is 0 Å². The minimum absolute atomic E-state index is 0.185. The van der Waals surface area contributed by atoms with Crippen LogP contribution in [-0.2, 0) is 0 Å². The van der Waals surface area contributed by atoms with Crippen LogP contribution in [0.2, 0.25) is 5.02 Å². The van der Waals surface area contributed by atoms with Gasteiger partial charge in [-0.05, 0) is 12.1 Å². The molecule has 1 heterocycles. The Hall–Kier alpha value is -1.26. The van der Waals surface area contributed by atoms with Gasteiger partial charge in [-0.2, -0.15) is 5.26 Å². The van der Waals surface area contributed by atoms with E-state index in [1.165, 1.54) is 0 Å². The van der Waals surface area contributed by atoms with Crippen molar-refractivity contribution in [3.05, 3.63) is 46.8 Å². The number of nitrogens with zero attached hydrogens (tertiary/aromatic N) is 2. The second-order valence-corrected chi connectivity index (χ2v) is 5.71. The lowest BCUT2D eigenvalue weighted by molar-refractivity contribution is 0.300. The highest BCUT2D eigenvalue weighted by atomic mass is 127. The van der Waals surface area contributed by atoms with Crippen molar-refractivity contribution in [1.82, 2.24) is 5.16 Å². The van der Waals surface area contributed by atoms with E-state index in [2.05, 4.69) is 33.8 Å². The van der Waals surface area contributed by atoms with E-state index in [-0.39, 0.29) is 3.92 Å². The quantitative estimate of drug-likeness (QED) is 0.570. The number of rotatable bonds is 5. The van der Waals surface area contributed by atoms with Crippen molar-refractivity contribution in [2.75, 3.05) is 6.61 Å². The molecular formula is C13H10ClIN2O2. The molecule has 0 saturated heterocycles. The zero-order valence-electron chi connectivity index (χ0n) is 9.85. The molecule has 2 rings (SSSR count). The summed E-state index contributed by atoms with van der Waals surface area (Å²) in [6.45, 7) is 0.476. The van der Waals surface area contributed by atoms with E-state index in [4.69, 9.17) is 26.1 Å². The van der Waals surface area contributed by atoms with E-state index in [0.29, 0.717) is 22.9 Å². The van der Waals surface area contributed by atoms with Crippen molar-refractivity contribution < 1.29 is 9.26 Å². The van der Waals surface area contributed by atoms with Gasteiger partial charge in [0.1, 0.15) is 17.6 Å². The van der Waals surface area contributed by atoms with Crippen LogP contribution in [0, 0.1) is 11.3 Å². The Balaban J connectivity index is 1.93. The molecule has 2 aromatic rings. The van der Waals surface area contributed by atoms with Crippen molar-refractivity contribution in [3.8, 4) is 11.8 Å². The first kappa shape index (κ1) is 14.2. The maximum Gasteiger partial charge on any atom is 0.149 e. The Morgan fingerprint density at radius 3 is 3.00 bits per heavy atom. The highest BCUT2D eigenvalue weighted by Gasteiger charge is 2.12. The van der Waals surface area contributed by atoms with Gasteiger partial charge in [0.2, 0.25) is 0 Å². The Morgan fingerprint density at radius 2 is 2.32 bits per heavy atom. The average Bonchev–Trinajstić information content (AvgIpc) is 2.93. The molecule has 98 valence electrons. The summed E-state index contributed by atoms with van der Waals surface area (Å²) in [4.78, 5) is 0. The SMILES string of the molecule is N#Cc1ccc(Cl)cc1OCCC(I)c1ccno1. The molecule has 1 aromatic heterocycles. The molecule has 0 aliphatic carbocycles. The van der Waals surface area contributed by atoms with Crippen LogP contribution < -0.4 is 4.74 Å². The third-order valence-electron chi connectivity index (χ3n) is 2.46. The van der Waals surface area contributed by atoms with Crippen LogP contribution in [0.1, 0.15) is 21.7 Å². The molecule has 6 heteroatoms. The number of benzene rings is 1. The van der Waals surface area contributed by atoms with Gasteiger partial charge in [0.15, 0.2) is 0 Å². The van der Waals surface area contributed by atoms with Crippen LogP contribution in [0.3, 0.4) is 0 Å². The van der Waals surface area contributed by atoms with Gasteiger partial charge in [-0.3, -0.25) is 0 Å². The van der Waals surface area contributed by atoms with E-state index >= 15 is 0 Å². The third-order valence-corrected chi connectivity index (χ3v) is 3.93. The molecule has 19 heavy (non-hydrogen) atoms. The summed E-state index contributed by atoms with van der Waals surface area (Å²) < 4.78 is 10.9. The lowest BCUT2D eigenvalue weighted by atomic mass is 10.2. The fourth-order valence-corrected chi connectivity index (χ4v) is 2.25. The van der Waals surface area contributed by atoms with Crippen LogP contribution in [0.25, 0.3) is 0 Å². The van der Waals surface area contributed by atoms with Gasteiger partial charge < -0.3 is 9.26 Å². The Labute approximate surface area is 129 Å². The number of halogens is 2. The van der Waals surface area contributed by atoms with Crippen molar-refractivity contribution in [2.45, 2.75) is 10.3 Å². The maximum absolute atomic E-state index is 8.97. The molecule has 0 saturated carbocycles. The predicted molar refractivity (Wildman–Crippen MR) is 79.5 cm³/mol.